The molecule has 0 aliphatic heterocycles. The van der Waals surface area contributed by atoms with E-state index in [0.717, 1.165) is 31.4 Å². The summed E-state index contributed by atoms with van der Waals surface area (Å²) in [6, 6.07) is 0.218. The highest BCUT2D eigenvalue weighted by Crippen LogP contribution is 2.13. The van der Waals surface area contributed by atoms with Gasteiger partial charge in [0.1, 0.15) is 5.82 Å². The molecule has 0 aliphatic carbocycles. The van der Waals surface area contributed by atoms with Gasteiger partial charge in [0.15, 0.2) is 5.82 Å². The molecule has 0 fully saturated rings. The van der Waals surface area contributed by atoms with E-state index in [9.17, 15) is 0 Å². The molecule has 1 rings (SSSR count). The van der Waals surface area contributed by atoms with Crippen LogP contribution in [0.15, 0.2) is 0 Å². The Morgan fingerprint density at radius 3 is 2.80 bits per heavy atom. The molecule has 1 atom stereocenters. The van der Waals surface area contributed by atoms with Crippen molar-refractivity contribution in [3.63, 3.8) is 0 Å². The van der Waals surface area contributed by atoms with Crippen LogP contribution >= 0.6 is 0 Å². The van der Waals surface area contributed by atoms with Crippen LogP contribution in [-0.2, 0) is 4.74 Å². The van der Waals surface area contributed by atoms with Gasteiger partial charge in [0.2, 0.25) is 0 Å². The lowest BCUT2D eigenvalue weighted by molar-refractivity contribution is 0.109. The fraction of sp³-hybridized carbons (Fsp3) is 0.800. The first-order chi connectivity index (χ1) is 7.15. The number of aromatic amines is 1. The summed E-state index contributed by atoms with van der Waals surface area (Å²) in [5.74, 6) is 1.70. The highest BCUT2D eigenvalue weighted by atomic mass is 16.5. The first-order valence-corrected chi connectivity index (χ1v) is 5.32. The number of hydrogen-bond donors (Lipinski definition) is 1. The molecule has 1 heterocycles. The maximum absolute atomic E-state index is 5.31. The fourth-order valence-electron chi connectivity index (χ4n) is 1.29. The van der Waals surface area contributed by atoms with E-state index in [-0.39, 0.29) is 6.04 Å². The lowest BCUT2D eigenvalue weighted by Gasteiger charge is -2.21. The molecule has 0 amide bonds. The molecule has 0 spiro atoms. The smallest absolute Gasteiger partial charge is 0.167 e. The molecule has 1 N–H and O–H groups in total. The summed E-state index contributed by atoms with van der Waals surface area (Å²) in [6.45, 7) is 8.41. The van der Waals surface area contributed by atoms with Crippen LogP contribution in [-0.4, -0.2) is 46.9 Å². The summed E-state index contributed by atoms with van der Waals surface area (Å²) >= 11 is 0. The summed E-state index contributed by atoms with van der Waals surface area (Å²) in [5, 5.41) is 7.00. The fourth-order valence-corrected chi connectivity index (χ4v) is 1.29. The number of aromatic nitrogens is 3. The number of aryl methyl sites for hydroxylation is 1. The second-order valence-corrected chi connectivity index (χ2v) is 3.63. The van der Waals surface area contributed by atoms with Gasteiger partial charge >= 0.3 is 0 Å². The molecule has 1 unspecified atom stereocenters. The molecule has 0 saturated heterocycles. The third-order valence-corrected chi connectivity index (χ3v) is 2.44. The second-order valence-electron chi connectivity index (χ2n) is 3.63. The van der Waals surface area contributed by atoms with Crippen LogP contribution in [0.2, 0.25) is 0 Å². The van der Waals surface area contributed by atoms with Gasteiger partial charge in [0.25, 0.3) is 0 Å². The molecule has 0 radical (unpaired) electrons. The van der Waals surface area contributed by atoms with Gasteiger partial charge in [-0.25, -0.2) is 4.98 Å². The van der Waals surface area contributed by atoms with Crippen LogP contribution < -0.4 is 0 Å². The average Bonchev–Trinajstić information content (AvgIpc) is 2.64. The van der Waals surface area contributed by atoms with Crippen molar-refractivity contribution in [2.45, 2.75) is 26.8 Å². The molecular weight excluding hydrogens is 192 g/mol. The third kappa shape index (κ3) is 3.60. The molecule has 86 valence electrons. The van der Waals surface area contributed by atoms with Crippen molar-refractivity contribution in [2.75, 3.05) is 26.8 Å². The highest BCUT2D eigenvalue weighted by molar-refractivity contribution is 4.93. The van der Waals surface area contributed by atoms with E-state index < -0.39 is 0 Å². The Morgan fingerprint density at radius 1 is 1.53 bits per heavy atom. The summed E-state index contributed by atoms with van der Waals surface area (Å²) in [7, 11) is 2.05. The van der Waals surface area contributed by atoms with Gasteiger partial charge in [-0.2, -0.15) is 5.10 Å². The quantitative estimate of drug-likeness (QED) is 0.718. The van der Waals surface area contributed by atoms with Crippen molar-refractivity contribution in [3.05, 3.63) is 11.6 Å². The molecular formula is C10H20N4O. The number of H-pyrrole nitrogens is 1. The summed E-state index contributed by atoms with van der Waals surface area (Å²) in [6.07, 6.45) is 0. The van der Waals surface area contributed by atoms with Crippen molar-refractivity contribution >= 4 is 0 Å². The lowest BCUT2D eigenvalue weighted by Crippen LogP contribution is -2.27. The topological polar surface area (TPSA) is 54.0 Å². The first-order valence-electron chi connectivity index (χ1n) is 5.32. The molecule has 5 heteroatoms. The highest BCUT2D eigenvalue weighted by Gasteiger charge is 2.15. The Morgan fingerprint density at radius 2 is 2.27 bits per heavy atom. The Bertz CT molecular complexity index is 287. The van der Waals surface area contributed by atoms with Gasteiger partial charge in [-0.1, -0.05) is 0 Å². The third-order valence-electron chi connectivity index (χ3n) is 2.44. The Labute approximate surface area is 90.8 Å². The van der Waals surface area contributed by atoms with Gasteiger partial charge in [-0.05, 0) is 27.8 Å². The second kappa shape index (κ2) is 5.82. The molecule has 0 aliphatic rings. The van der Waals surface area contributed by atoms with E-state index in [0.29, 0.717) is 0 Å². The standard InChI is InChI=1S/C10H20N4O/c1-5-15-7-6-14(4)8(2)10-11-9(3)12-13-10/h8H,5-7H2,1-4H3,(H,11,12,13). The number of nitrogens with zero attached hydrogens (tertiary/aromatic N) is 3. The summed E-state index contributed by atoms with van der Waals surface area (Å²) < 4.78 is 5.31. The predicted octanol–water partition coefficient (Wildman–Crippen LogP) is 1.14. The van der Waals surface area contributed by atoms with E-state index in [1.165, 1.54) is 0 Å². The van der Waals surface area contributed by atoms with Crippen LogP contribution in [0.25, 0.3) is 0 Å². The minimum absolute atomic E-state index is 0.218. The van der Waals surface area contributed by atoms with Gasteiger partial charge in [0, 0.05) is 13.2 Å². The van der Waals surface area contributed by atoms with Gasteiger partial charge in [-0.15, -0.1) is 0 Å². The van der Waals surface area contributed by atoms with Gasteiger partial charge < -0.3 is 4.74 Å². The monoisotopic (exact) mass is 212 g/mol. The van der Waals surface area contributed by atoms with E-state index in [2.05, 4.69) is 34.1 Å². The molecule has 1 aromatic rings. The zero-order valence-electron chi connectivity index (χ0n) is 9.95. The lowest BCUT2D eigenvalue weighted by atomic mass is 10.3. The minimum Gasteiger partial charge on any atom is -0.380 e. The van der Waals surface area contributed by atoms with Crippen molar-refractivity contribution in [3.8, 4) is 0 Å². The Balaban J connectivity index is 2.42. The first kappa shape index (κ1) is 12.1. The normalized spacial score (nSPS) is 13.4. The Hall–Kier alpha value is -0.940. The Kier molecular flexibility index (Phi) is 4.71. The molecule has 0 saturated carbocycles. The minimum atomic E-state index is 0.218. The summed E-state index contributed by atoms with van der Waals surface area (Å²) in [5.41, 5.74) is 0. The zero-order valence-corrected chi connectivity index (χ0v) is 9.95. The van der Waals surface area contributed by atoms with E-state index in [4.69, 9.17) is 4.74 Å². The van der Waals surface area contributed by atoms with E-state index in [1.807, 2.05) is 13.8 Å². The molecule has 0 aromatic carbocycles. The largest absolute Gasteiger partial charge is 0.380 e. The number of rotatable bonds is 6. The van der Waals surface area contributed by atoms with Crippen LogP contribution in [0.1, 0.15) is 31.5 Å². The van der Waals surface area contributed by atoms with E-state index >= 15 is 0 Å². The van der Waals surface area contributed by atoms with Gasteiger partial charge in [-0.3, -0.25) is 10.00 Å². The number of likely N-dealkylation sites (N-methyl/N-ethyl adjacent to an activating group) is 1. The van der Waals surface area contributed by atoms with Crippen LogP contribution in [0.3, 0.4) is 0 Å². The number of nitrogens with one attached hydrogen (secondary N) is 1. The average molecular weight is 212 g/mol. The molecule has 15 heavy (non-hydrogen) atoms. The zero-order chi connectivity index (χ0) is 11.3. The van der Waals surface area contributed by atoms with Crippen molar-refractivity contribution in [1.82, 2.24) is 20.1 Å². The van der Waals surface area contributed by atoms with Crippen molar-refractivity contribution < 1.29 is 4.74 Å². The van der Waals surface area contributed by atoms with E-state index in [1.54, 1.807) is 0 Å². The van der Waals surface area contributed by atoms with Gasteiger partial charge in [0.05, 0.1) is 12.6 Å². The maximum atomic E-state index is 5.31. The van der Waals surface area contributed by atoms with Crippen molar-refractivity contribution in [1.29, 1.82) is 0 Å². The maximum Gasteiger partial charge on any atom is 0.167 e. The molecule has 1 aromatic heterocycles. The predicted molar refractivity (Wildman–Crippen MR) is 58.7 cm³/mol. The number of ether oxygens (including phenoxy) is 1. The molecule has 0 bridgehead atoms. The molecule has 5 nitrogen and oxygen atoms in total. The van der Waals surface area contributed by atoms with Crippen LogP contribution in [0.4, 0.5) is 0 Å². The number of hydrogen-bond acceptors (Lipinski definition) is 4. The SMILES string of the molecule is CCOCCN(C)C(C)c1n[nH]c(C)n1. The summed E-state index contributed by atoms with van der Waals surface area (Å²) in [4.78, 5) is 6.49. The van der Waals surface area contributed by atoms with Crippen LogP contribution in [0, 0.1) is 6.92 Å². The van der Waals surface area contributed by atoms with Crippen molar-refractivity contribution in [2.24, 2.45) is 0 Å². The van der Waals surface area contributed by atoms with Crippen LogP contribution in [0.5, 0.6) is 0 Å².